The smallest absolute Gasteiger partial charge is 0.229 e. The molecule has 0 fully saturated rings. The summed E-state index contributed by atoms with van der Waals surface area (Å²) in [6.07, 6.45) is 4.99. The lowest BCUT2D eigenvalue weighted by Gasteiger charge is -2.36. The topological polar surface area (TPSA) is 43.3 Å². The van der Waals surface area contributed by atoms with E-state index < -0.39 is 6.35 Å². The number of hydrogen-bond donors (Lipinski definition) is 0. The summed E-state index contributed by atoms with van der Waals surface area (Å²) in [4.78, 5) is 7.20. The van der Waals surface area contributed by atoms with E-state index in [1.807, 2.05) is 44.2 Å². The summed E-state index contributed by atoms with van der Waals surface area (Å²) >= 11 is 0. The highest BCUT2D eigenvalue weighted by Gasteiger charge is 2.30. The number of para-hydroxylation sites is 1. The second-order valence-corrected chi connectivity index (χ2v) is 8.88. The van der Waals surface area contributed by atoms with Crippen LogP contribution < -0.4 is 14.4 Å². The van der Waals surface area contributed by atoms with Crippen molar-refractivity contribution in [2.45, 2.75) is 46.5 Å². The summed E-state index contributed by atoms with van der Waals surface area (Å²) in [5.74, 6) is 4.63. The van der Waals surface area contributed by atoms with E-state index in [9.17, 15) is 0 Å². The van der Waals surface area contributed by atoms with Crippen molar-refractivity contribution in [1.29, 1.82) is 0 Å². The first-order valence-electron chi connectivity index (χ1n) is 12.5. The average molecular weight is 483 g/mol. The Morgan fingerprint density at radius 1 is 0.972 bits per heavy atom. The first-order chi connectivity index (χ1) is 17.5. The van der Waals surface area contributed by atoms with E-state index in [1.165, 1.54) is 5.56 Å². The number of aliphatic imine (C=N–C) groups is 1. The number of anilines is 1. The van der Waals surface area contributed by atoms with Gasteiger partial charge in [0.05, 0.1) is 31.2 Å². The molecule has 1 aliphatic rings. The fraction of sp³-hybridized carbons (Fsp3) is 0.323. The Morgan fingerprint density at radius 3 is 2.42 bits per heavy atom. The van der Waals surface area contributed by atoms with E-state index in [0.717, 1.165) is 39.6 Å². The predicted molar refractivity (Wildman–Crippen MR) is 146 cm³/mol. The molecule has 5 heteroatoms. The van der Waals surface area contributed by atoms with E-state index in [0.29, 0.717) is 25.7 Å². The second kappa shape index (κ2) is 11.8. The standard InChI is InChI=1S/C31H34N2O3/c1-6-19-36-31-32-30(24-15-13-23(14-16-24)22(4)5)27-11-9-10-12-28(27)33(31)21-25-17-18-26(34-7-2)20-29(25)35-8-3/h1,9-18,20,22,31H,7-8,19,21H2,2-5H3. The number of nitrogens with zero attached hydrogens (tertiary/aromatic N) is 2. The summed E-state index contributed by atoms with van der Waals surface area (Å²) < 4.78 is 17.8. The molecule has 1 heterocycles. The molecule has 0 aromatic heterocycles. The first kappa shape index (κ1) is 25.3. The van der Waals surface area contributed by atoms with Gasteiger partial charge in [-0.1, -0.05) is 62.2 Å². The lowest BCUT2D eigenvalue weighted by molar-refractivity contribution is 0.0793. The minimum atomic E-state index is -0.572. The van der Waals surface area contributed by atoms with Crippen molar-refractivity contribution in [3.8, 4) is 23.8 Å². The molecule has 1 unspecified atom stereocenters. The Labute approximate surface area is 214 Å². The summed E-state index contributed by atoms with van der Waals surface area (Å²) in [5, 5.41) is 0. The van der Waals surface area contributed by atoms with Crippen LogP contribution in [-0.4, -0.2) is 31.9 Å². The maximum absolute atomic E-state index is 6.09. The van der Waals surface area contributed by atoms with Gasteiger partial charge in [0.15, 0.2) is 0 Å². The summed E-state index contributed by atoms with van der Waals surface area (Å²) in [6, 6.07) is 22.9. The Bertz CT molecular complexity index is 1240. The minimum Gasteiger partial charge on any atom is -0.494 e. The SMILES string of the molecule is C#CCOC1N=C(c2ccc(C(C)C)cc2)c2ccccc2N1Cc1ccc(OCC)cc1OCC. The normalized spacial score (nSPS) is 14.7. The van der Waals surface area contributed by atoms with Gasteiger partial charge in [0.1, 0.15) is 18.1 Å². The van der Waals surface area contributed by atoms with E-state index >= 15 is 0 Å². The van der Waals surface area contributed by atoms with Crippen LogP contribution in [0.15, 0.2) is 71.7 Å². The lowest BCUT2D eigenvalue weighted by atomic mass is 9.95. The fourth-order valence-corrected chi connectivity index (χ4v) is 4.36. The van der Waals surface area contributed by atoms with Crippen molar-refractivity contribution in [3.05, 3.63) is 89.0 Å². The average Bonchev–Trinajstić information content (AvgIpc) is 2.89. The van der Waals surface area contributed by atoms with Crippen molar-refractivity contribution >= 4 is 11.4 Å². The molecule has 0 radical (unpaired) electrons. The quantitative estimate of drug-likeness (QED) is 0.314. The van der Waals surface area contributed by atoms with E-state index in [4.69, 9.17) is 25.6 Å². The van der Waals surface area contributed by atoms with Crippen molar-refractivity contribution < 1.29 is 14.2 Å². The molecule has 0 spiro atoms. The third kappa shape index (κ3) is 5.56. The Morgan fingerprint density at radius 2 is 1.72 bits per heavy atom. The van der Waals surface area contributed by atoms with E-state index in [2.05, 4.69) is 61.1 Å². The van der Waals surface area contributed by atoms with Gasteiger partial charge in [-0.15, -0.1) is 6.42 Å². The molecular weight excluding hydrogens is 448 g/mol. The van der Waals surface area contributed by atoms with Crippen LogP contribution in [0.5, 0.6) is 11.5 Å². The van der Waals surface area contributed by atoms with Crippen molar-refractivity contribution in [1.82, 2.24) is 0 Å². The van der Waals surface area contributed by atoms with Crippen LogP contribution in [0, 0.1) is 12.3 Å². The van der Waals surface area contributed by atoms with E-state index in [-0.39, 0.29) is 6.61 Å². The molecule has 0 saturated carbocycles. The molecule has 0 saturated heterocycles. The molecule has 0 aliphatic carbocycles. The van der Waals surface area contributed by atoms with Crippen molar-refractivity contribution in [2.75, 3.05) is 24.7 Å². The summed E-state index contributed by atoms with van der Waals surface area (Å²) in [7, 11) is 0. The van der Waals surface area contributed by atoms with Crippen LogP contribution in [0.25, 0.3) is 0 Å². The van der Waals surface area contributed by atoms with E-state index in [1.54, 1.807) is 0 Å². The molecule has 3 aromatic carbocycles. The molecule has 1 aliphatic heterocycles. The maximum atomic E-state index is 6.09. The largest absolute Gasteiger partial charge is 0.494 e. The number of benzene rings is 3. The number of terminal acetylenes is 1. The summed E-state index contributed by atoms with van der Waals surface area (Å²) in [5.41, 5.74) is 6.36. The van der Waals surface area contributed by atoms with Gasteiger partial charge < -0.3 is 19.1 Å². The second-order valence-electron chi connectivity index (χ2n) is 8.88. The zero-order chi connectivity index (χ0) is 25.5. The highest BCUT2D eigenvalue weighted by Crippen LogP contribution is 2.35. The molecule has 36 heavy (non-hydrogen) atoms. The van der Waals surface area contributed by atoms with Gasteiger partial charge in [-0.25, -0.2) is 4.99 Å². The number of hydrogen-bond acceptors (Lipinski definition) is 5. The molecular formula is C31H34N2O3. The molecule has 0 bridgehead atoms. The summed E-state index contributed by atoms with van der Waals surface area (Å²) in [6.45, 7) is 10.2. The molecule has 5 nitrogen and oxygen atoms in total. The highest BCUT2D eigenvalue weighted by molar-refractivity contribution is 6.17. The Hall–Kier alpha value is -3.75. The van der Waals surface area contributed by atoms with Crippen LogP contribution in [0.1, 0.15) is 55.9 Å². The van der Waals surface area contributed by atoms with Crippen molar-refractivity contribution in [2.24, 2.45) is 4.99 Å². The van der Waals surface area contributed by atoms with Crippen molar-refractivity contribution in [3.63, 3.8) is 0 Å². The predicted octanol–water partition coefficient (Wildman–Crippen LogP) is 6.40. The third-order valence-electron chi connectivity index (χ3n) is 6.13. The first-order valence-corrected chi connectivity index (χ1v) is 12.5. The lowest BCUT2D eigenvalue weighted by Crippen LogP contribution is -2.40. The highest BCUT2D eigenvalue weighted by atomic mass is 16.5. The molecule has 1 atom stereocenters. The molecule has 4 rings (SSSR count). The number of rotatable bonds is 10. The molecule has 186 valence electrons. The maximum Gasteiger partial charge on any atom is 0.229 e. The zero-order valence-electron chi connectivity index (χ0n) is 21.5. The number of fused-ring (bicyclic) bond motifs is 1. The Kier molecular flexibility index (Phi) is 8.30. The van der Waals surface area contributed by atoms with Crippen LogP contribution >= 0.6 is 0 Å². The van der Waals surface area contributed by atoms with Crippen LogP contribution in [0.3, 0.4) is 0 Å². The monoisotopic (exact) mass is 482 g/mol. The number of ether oxygens (including phenoxy) is 3. The van der Waals surface area contributed by atoms with Crippen LogP contribution in [0.4, 0.5) is 5.69 Å². The van der Waals surface area contributed by atoms with Crippen LogP contribution in [-0.2, 0) is 11.3 Å². The molecule has 0 N–H and O–H groups in total. The third-order valence-corrected chi connectivity index (χ3v) is 6.13. The zero-order valence-corrected chi connectivity index (χ0v) is 21.5. The van der Waals surface area contributed by atoms with Gasteiger partial charge in [0, 0.05) is 22.8 Å². The van der Waals surface area contributed by atoms with Gasteiger partial charge in [-0.3, -0.25) is 0 Å². The molecule has 3 aromatic rings. The van der Waals surface area contributed by atoms with Gasteiger partial charge in [0.2, 0.25) is 6.35 Å². The molecule has 0 amide bonds. The van der Waals surface area contributed by atoms with Gasteiger partial charge in [-0.2, -0.15) is 0 Å². The van der Waals surface area contributed by atoms with Crippen LogP contribution in [0.2, 0.25) is 0 Å². The van der Waals surface area contributed by atoms with Gasteiger partial charge in [-0.05, 0) is 43.5 Å². The van der Waals surface area contributed by atoms with Gasteiger partial charge in [0.25, 0.3) is 0 Å². The Balaban J connectivity index is 1.75. The van der Waals surface area contributed by atoms with Gasteiger partial charge >= 0.3 is 0 Å². The minimum absolute atomic E-state index is 0.161. The fourth-order valence-electron chi connectivity index (χ4n) is 4.36.